The molecule has 0 aliphatic heterocycles. The summed E-state index contributed by atoms with van der Waals surface area (Å²) in [6, 6.07) is 0. The molecule has 62 valence electrons. The Kier molecular flexibility index (Phi) is 1.15. The van der Waals surface area contributed by atoms with Crippen LogP contribution in [0.15, 0.2) is 4.79 Å². The topological polar surface area (TPSA) is 100 Å². The highest BCUT2D eigenvalue weighted by atomic mass is 19.1. The van der Waals surface area contributed by atoms with E-state index in [0.29, 0.717) is 0 Å². The number of rotatable bonds is 0. The van der Waals surface area contributed by atoms with Crippen molar-refractivity contribution in [2.24, 2.45) is 0 Å². The van der Waals surface area contributed by atoms with E-state index in [0.717, 1.165) is 0 Å². The normalized spacial score (nSPS) is 10.8. The van der Waals surface area contributed by atoms with E-state index < -0.39 is 11.8 Å². The Balaban J connectivity index is 2.97. The molecule has 0 bridgehead atoms. The quantitative estimate of drug-likeness (QED) is 0.457. The van der Waals surface area contributed by atoms with Crippen LogP contribution in [0.1, 0.15) is 0 Å². The molecule has 0 saturated heterocycles. The van der Waals surface area contributed by atoms with Gasteiger partial charge in [0.15, 0.2) is 11.5 Å². The van der Waals surface area contributed by atoms with Gasteiger partial charge >= 0.3 is 11.8 Å². The van der Waals surface area contributed by atoms with Crippen LogP contribution in [-0.4, -0.2) is 19.9 Å². The van der Waals surface area contributed by atoms with Crippen LogP contribution in [0.25, 0.3) is 11.2 Å². The number of nitrogen functional groups attached to an aromatic ring is 1. The summed E-state index contributed by atoms with van der Waals surface area (Å²) in [4.78, 5) is 21.8. The lowest BCUT2D eigenvalue weighted by Gasteiger charge is -1.92. The van der Waals surface area contributed by atoms with Crippen molar-refractivity contribution in [3.8, 4) is 0 Å². The van der Waals surface area contributed by atoms with Gasteiger partial charge in [0.2, 0.25) is 0 Å². The standard InChI is InChI=1S/C5H4FN5O/c6-4-9-2(7)1-3(10-4)11-5(12)8-1/h(H4,7,8,9,10,11,12). The van der Waals surface area contributed by atoms with Gasteiger partial charge in [0.1, 0.15) is 5.52 Å². The van der Waals surface area contributed by atoms with Gasteiger partial charge in [-0.3, -0.25) is 4.98 Å². The van der Waals surface area contributed by atoms with Gasteiger partial charge in [0.05, 0.1) is 0 Å². The summed E-state index contributed by atoms with van der Waals surface area (Å²) in [6.07, 6.45) is -0.963. The van der Waals surface area contributed by atoms with E-state index in [1.807, 2.05) is 0 Å². The number of H-pyrrole nitrogens is 2. The van der Waals surface area contributed by atoms with Crippen molar-refractivity contribution >= 4 is 17.0 Å². The van der Waals surface area contributed by atoms with E-state index in [-0.39, 0.29) is 17.0 Å². The van der Waals surface area contributed by atoms with E-state index in [4.69, 9.17) is 5.73 Å². The molecule has 0 radical (unpaired) electrons. The molecule has 0 amide bonds. The molecule has 2 heterocycles. The number of halogens is 1. The monoisotopic (exact) mass is 169 g/mol. The molecular weight excluding hydrogens is 165 g/mol. The molecule has 2 aromatic heterocycles. The van der Waals surface area contributed by atoms with Crippen molar-refractivity contribution in [2.75, 3.05) is 5.73 Å². The van der Waals surface area contributed by atoms with Gasteiger partial charge in [-0.05, 0) is 0 Å². The zero-order chi connectivity index (χ0) is 8.72. The summed E-state index contributed by atoms with van der Waals surface area (Å²) in [6.45, 7) is 0. The summed E-state index contributed by atoms with van der Waals surface area (Å²) in [5, 5.41) is 0. The third-order valence-electron chi connectivity index (χ3n) is 1.38. The molecule has 0 spiro atoms. The maximum atomic E-state index is 12.5. The van der Waals surface area contributed by atoms with E-state index in [1.165, 1.54) is 0 Å². The van der Waals surface area contributed by atoms with Crippen LogP contribution in [0.5, 0.6) is 0 Å². The van der Waals surface area contributed by atoms with Crippen LogP contribution in [0.3, 0.4) is 0 Å². The second-order valence-corrected chi connectivity index (χ2v) is 2.18. The number of imidazole rings is 1. The molecule has 0 aliphatic carbocycles. The van der Waals surface area contributed by atoms with Gasteiger partial charge in [0.25, 0.3) is 0 Å². The predicted molar refractivity (Wildman–Crippen MR) is 38.9 cm³/mol. The van der Waals surface area contributed by atoms with Crippen molar-refractivity contribution in [1.29, 1.82) is 0 Å². The van der Waals surface area contributed by atoms with Gasteiger partial charge in [-0.15, -0.1) is 0 Å². The fourth-order valence-corrected chi connectivity index (χ4v) is 0.916. The summed E-state index contributed by atoms with van der Waals surface area (Å²) in [7, 11) is 0. The SMILES string of the molecule is Nc1nc(F)nc2[nH]c(=O)[nH]c12. The highest BCUT2D eigenvalue weighted by molar-refractivity contribution is 5.80. The Morgan fingerprint density at radius 3 is 2.83 bits per heavy atom. The number of anilines is 1. The average molecular weight is 169 g/mol. The van der Waals surface area contributed by atoms with E-state index in [1.54, 1.807) is 0 Å². The van der Waals surface area contributed by atoms with Gasteiger partial charge in [-0.25, -0.2) is 4.79 Å². The number of nitrogens with zero attached hydrogens (tertiary/aromatic N) is 2. The number of hydrogen-bond donors (Lipinski definition) is 3. The smallest absolute Gasteiger partial charge is 0.325 e. The van der Waals surface area contributed by atoms with Crippen LogP contribution in [0, 0.1) is 6.08 Å². The lowest BCUT2D eigenvalue weighted by molar-refractivity contribution is 0.545. The van der Waals surface area contributed by atoms with Crippen LogP contribution < -0.4 is 11.4 Å². The van der Waals surface area contributed by atoms with Gasteiger partial charge in [-0.2, -0.15) is 14.4 Å². The molecule has 6 nitrogen and oxygen atoms in total. The Bertz CT molecular complexity index is 486. The molecule has 0 fully saturated rings. The first kappa shape index (κ1) is 6.77. The van der Waals surface area contributed by atoms with Crippen molar-refractivity contribution in [3.05, 3.63) is 16.6 Å². The fourth-order valence-electron chi connectivity index (χ4n) is 0.916. The minimum Gasteiger partial charge on any atom is -0.382 e. The van der Waals surface area contributed by atoms with Crippen molar-refractivity contribution in [3.63, 3.8) is 0 Å². The number of aromatic nitrogens is 4. The summed E-state index contributed by atoms with van der Waals surface area (Å²) in [5.74, 6) is -0.0872. The molecule has 0 aliphatic rings. The molecule has 0 atom stereocenters. The van der Waals surface area contributed by atoms with Crippen LogP contribution >= 0.6 is 0 Å². The zero-order valence-corrected chi connectivity index (χ0v) is 5.76. The van der Waals surface area contributed by atoms with Crippen molar-refractivity contribution in [1.82, 2.24) is 19.9 Å². The molecule has 12 heavy (non-hydrogen) atoms. The molecule has 0 saturated carbocycles. The zero-order valence-electron chi connectivity index (χ0n) is 5.76. The lowest BCUT2D eigenvalue weighted by atomic mass is 10.5. The lowest BCUT2D eigenvalue weighted by Crippen LogP contribution is -1.99. The molecule has 2 rings (SSSR count). The van der Waals surface area contributed by atoms with Gasteiger partial charge in [-0.1, -0.05) is 0 Å². The first-order chi connectivity index (χ1) is 5.66. The number of aromatic amines is 2. The van der Waals surface area contributed by atoms with Gasteiger partial charge < -0.3 is 10.7 Å². The minimum atomic E-state index is -0.963. The predicted octanol–water partition coefficient (Wildman–Crippen LogP) is -0.633. The molecular formula is C5H4FN5O. The van der Waals surface area contributed by atoms with Crippen molar-refractivity contribution in [2.45, 2.75) is 0 Å². The largest absolute Gasteiger partial charge is 0.382 e. The summed E-state index contributed by atoms with van der Waals surface area (Å²) in [5.41, 5.74) is 5.10. The average Bonchev–Trinajstić information content (AvgIpc) is 2.29. The first-order valence-electron chi connectivity index (χ1n) is 3.08. The Morgan fingerprint density at radius 1 is 1.33 bits per heavy atom. The third-order valence-corrected chi connectivity index (χ3v) is 1.38. The van der Waals surface area contributed by atoms with Crippen LogP contribution in [0.4, 0.5) is 10.2 Å². The van der Waals surface area contributed by atoms with E-state index >= 15 is 0 Å². The second-order valence-electron chi connectivity index (χ2n) is 2.18. The summed E-state index contributed by atoms with van der Waals surface area (Å²) >= 11 is 0. The molecule has 0 aromatic carbocycles. The number of nitrogens with one attached hydrogen (secondary N) is 2. The van der Waals surface area contributed by atoms with Crippen LogP contribution in [-0.2, 0) is 0 Å². The summed E-state index contributed by atoms with van der Waals surface area (Å²) < 4.78 is 12.5. The Morgan fingerprint density at radius 2 is 2.08 bits per heavy atom. The third kappa shape index (κ3) is 0.831. The fraction of sp³-hybridized carbons (Fsp3) is 0. The van der Waals surface area contributed by atoms with E-state index in [2.05, 4.69) is 19.9 Å². The van der Waals surface area contributed by atoms with E-state index in [9.17, 15) is 9.18 Å². The molecule has 4 N–H and O–H groups in total. The van der Waals surface area contributed by atoms with Crippen molar-refractivity contribution < 1.29 is 4.39 Å². The Labute approximate surface area is 64.6 Å². The second kappa shape index (κ2) is 2.03. The minimum absolute atomic E-state index is 0.0741. The highest BCUT2D eigenvalue weighted by Crippen LogP contribution is 2.09. The van der Waals surface area contributed by atoms with Gasteiger partial charge in [0, 0.05) is 0 Å². The van der Waals surface area contributed by atoms with Crippen LogP contribution in [0.2, 0.25) is 0 Å². The number of hydrogen-bond acceptors (Lipinski definition) is 4. The molecule has 2 aromatic rings. The molecule has 7 heteroatoms. The Hall–Kier alpha value is -1.92. The first-order valence-corrected chi connectivity index (χ1v) is 3.08. The maximum Gasteiger partial charge on any atom is 0.325 e. The number of fused-ring (bicyclic) bond motifs is 1. The molecule has 0 unspecified atom stereocenters. The highest BCUT2D eigenvalue weighted by Gasteiger charge is 2.06. The maximum absolute atomic E-state index is 12.5. The number of nitrogens with two attached hydrogens (primary N) is 1.